The van der Waals surface area contributed by atoms with Crippen LogP contribution in [-0.2, 0) is 17.6 Å². The highest BCUT2D eigenvalue weighted by atomic mass is 16.1. The molecule has 2 aromatic rings. The molecule has 0 saturated carbocycles. The molecule has 0 amide bonds. The molecule has 3 nitrogen and oxygen atoms in total. The van der Waals surface area contributed by atoms with Crippen LogP contribution in [-0.4, -0.2) is 35.3 Å². The molecule has 0 radical (unpaired) electrons. The van der Waals surface area contributed by atoms with E-state index in [1.807, 2.05) is 48.7 Å². The maximum absolute atomic E-state index is 12.5. The van der Waals surface area contributed by atoms with Gasteiger partial charge in [-0.05, 0) is 37.1 Å². The zero-order chi connectivity index (χ0) is 15.9. The van der Waals surface area contributed by atoms with Crippen LogP contribution in [0.15, 0.2) is 54.7 Å². The van der Waals surface area contributed by atoms with Gasteiger partial charge in [-0.3, -0.25) is 9.78 Å². The van der Waals surface area contributed by atoms with Gasteiger partial charge in [0.2, 0.25) is 0 Å². The minimum absolute atomic E-state index is 0.188. The summed E-state index contributed by atoms with van der Waals surface area (Å²) in [5.74, 6) is 0.575. The number of ketones is 1. The van der Waals surface area contributed by atoms with Gasteiger partial charge in [0.1, 0.15) is 5.78 Å². The Morgan fingerprint density at radius 1 is 1.13 bits per heavy atom. The van der Waals surface area contributed by atoms with E-state index < -0.39 is 0 Å². The van der Waals surface area contributed by atoms with Gasteiger partial charge in [-0.15, -0.1) is 0 Å². The van der Waals surface area contributed by atoms with Crippen LogP contribution in [0, 0.1) is 5.92 Å². The smallest absolute Gasteiger partial charge is 0.141 e. The Kier molecular flexibility index (Phi) is 5.54. The van der Waals surface area contributed by atoms with E-state index in [-0.39, 0.29) is 5.92 Å². The summed E-state index contributed by atoms with van der Waals surface area (Å²) in [5.41, 5.74) is 2.26. The quantitative estimate of drug-likeness (QED) is 0.822. The Labute approximate surface area is 138 Å². The van der Waals surface area contributed by atoms with Gasteiger partial charge in [-0.1, -0.05) is 36.4 Å². The van der Waals surface area contributed by atoms with Gasteiger partial charge in [0, 0.05) is 43.7 Å². The number of carbonyl (C=O) groups excluding carboxylic acids is 1. The summed E-state index contributed by atoms with van der Waals surface area (Å²) < 4.78 is 0. The predicted molar refractivity (Wildman–Crippen MR) is 92.3 cm³/mol. The van der Waals surface area contributed by atoms with E-state index in [9.17, 15) is 4.79 Å². The molecule has 23 heavy (non-hydrogen) atoms. The largest absolute Gasteiger partial charge is 0.302 e. The number of nitrogens with zero attached hydrogens (tertiary/aromatic N) is 2. The monoisotopic (exact) mass is 308 g/mol. The van der Waals surface area contributed by atoms with Crippen LogP contribution in [0.3, 0.4) is 0 Å². The Hall–Kier alpha value is -2.00. The van der Waals surface area contributed by atoms with E-state index in [0.29, 0.717) is 12.2 Å². The van der Waals surface area contributed by atoms with Crippen molar-refractivity contribution in [1.29, 1.82) is 0 Å². The molecule has 3 heteroatoms. The predicted octanol–water partition coefficient (Wildman–Crippen LogP) is 3.15. The van der Waals surface area contributed by atoms with Crippen molar-refractivity contribution in [3.05, 3.63) is 66.0 Å². The van der Waals surface area contributed by atoms with E-state index in [1.165, 1.54) is 0 Å². The maximum atomic E-state index is 12.5. The fourth-order valence-electron chi connectivity index (χ4n) is 3.28. The lowest BCUT2D eigenvalue weighted by Crippen LogP contribution is -2.40. The maximum Gasteiger partial charge on any atom is 0.141 e. The Balaban J connectivity index is 1.50. The average Bonchev–Trinajstić information content (AvgIpc) is 2.62. The van der Waals surface area contributed by atoms with Crippen LogP contribution in [0.2, 0.25) is 0 Å². The van der Waals surface area contributed by atoms with Crippen LogP contribution >= 0.6 is 0 Å². The van der Waals surface area contributed by atoms with Crippen molar-refractivity contribution in [3.63, 3.8) is 0 Å². The van der Waals surface area contributed by atoms with Gasteiger partial charge in [-0.2, -0.15) is 0 Å². The average molecular weight is 308 g/mol. The summed E-state index contributed by atoms with van der Waals surface area (Å²) in [6, 6.07) is 16.1. The number of likely N-dealkylation sites (tertiary alicyclic amines) is 1. The molecule has 0 spiro atoms. The first-order valence-corrected chi connectivity index (χ1v) is 8.50. The normalized spacial score (nSPS) is 18.7. The molecule has 1 unspecified atom stereocenters. The van der Waals surface area contributed by atoms with Crippen LogP contribution < -0.4 is 0 Å². The highest BCUT2D eigenvalue weighted by Crippen LogP contribution is 2.19. The molecule has 1 aromatic heterocycles. The minimum Gasteiger partial charge on any atom is -0.302 e. The van der Waals surface area contributed by atoms with Gasteiger partial charge in [0.05, 0.1) is 0 Å². The fourth-order valence-corrected chi connectivity index (χ4v) is 3.28. The number of hydrogen-bond donors (Lipinski definition) is 0. The van der Waals surface area contributed by atoms with Crippen molar-refractivity contribution in [2.75, 3.05) is 19.6 Å². The minimum atomic E-state index is 0.188. The van der Waals surface area contributed by atoms with E-state index in [2.05, 4.69) is 16.0 Å². The third-order valence-electron chi connectivity index (χ3n) is 4.59. The van der Waals surface area contributed by atoms with Crippen LogP contribution in [0.1, 0.15) is 24.1 Å². The summed E-state index contributed by atoms with van der Waals surface area (Å²) in [6.45, 7) is 2.99. The first-order valence-electron chi connectivity index (χ1n) is 8.50. The Bertz CT molecular complexity index is 612. The second-order valence-electron chi connectivity index (χ2n) is 6.34. The number of piperidine rings is 1. The van der Waals surface area contributed by atoms with Crippen molar-refractivity contribution in [1.82, 2.24) is 9.88 Å². The van der Waals surface area contributed by atoms with Crippen molar-refractivity contribution in [2.24, 2.45) is 5.92 Å². The van der Waals surface area contributed by atoms with Gasteiger partial charge in [0.15, 0.2) is 0 Å². The van der Waals surface area contributed by atoms with E-state index >= 15 is 0 Å². The second-order valence-corrected chi connectivity index (χ2v) is 6.34. The molecule has 1 aliphatic heterocycles. The molecular formula is C20H24N2O. The van der Waals surface area contributed by atoms with Crippen LogP contribution in [0.4, 0.5) is 0 Å². The van der Waals surface area contributed by atoms with E-state index in [0.717, 1.165) is 50.2 Å². The number of Topliss-reactive ketones (excluding diaryl/α,β-unsaturated/α-hetero) is 1. The topological polar surface area (TPSA) is 33.2 Å². The molecule has 0 aliphatic carbocycles. The number of pyridine rings is 1. The van der Waals surface area contributed by atoms with E-state index in [1.54, 1.807) is 0 Å². The van der Waals surface area contributed by atoms with Gasteiger partial charge in [-0.25, -0.2) is 0 Å². The SMILES string of the molecule is O=C(Cc1ccccc1)C1CCCN(CCc2ccccn2)C1. The Morgan fingerprint density at radius 2 is 1.96 bits per heavy atom. The molecule has 1 aromatic carbocycles. The molecule has 2 heterocycles. The van der Waals surface area contributed by atoms with Crippen LogP contribution in [0.5, 0.6) is 0 Å². The zero-order valence-corrected chi connectivity index (χ0v) is 13.5. The van der Waals surface area contributed by atoms with Gasteiger partial charge < -0.3 is 4.90 Å². The number of aromatic nitrogens is 1. The summed E-state index contributed by atoms with van der Waals surface area (Å²) in [5, 5.41) is 0. The summed E-state index contributed by atoms with van der Waals surface area (Å²) >= 11 is 0. The lowest BCUT2D eigenvalue weighted by atomic mass is 9.90. The molecule has 0 bridgehead atoms. The molecule has 0 N–H and O–H groups in total. The molecule has 1 saturated heterocycles. The first kappa shape index (κ1) is 15.9. The molecular weight excluding hydrogens is 284 g/mol. The fraction of sp³-hybridized carbons (Fsp3) is 0.400. The van der Waals surface area contributed by atoms with Crippen molar-refractivity contribution < 1.29 is 4.79 Å². The molecule has 1 aliphatic rings. The summed E-state index contributed by atoms with van der Waals surface area (Å²) in [7, 11) is 0. The van der Waals surface area contributed by atoms with Gasteiger partial charge >= 0.3 is 0 Å². The van der Waals surface area contributed by atoms with E-state index in [4.69, 9.17) is 0 Å². The molecule has 1 atom stereocenters. The molecule has 3 rings (SSSR count). The number of benzene rings is 1. The lowest BCUT2D eigenvalue weighted by Gasteiger charge is -2.32. The van der Waals surface area contributed by atoms with Crippen molar-refractivity contribution in [2.45, 2.75) is 25.7 Å². The number of rotatable bonds is 6. The molecule has 1 fully saturated rings. The second kappa shape index (κ2) is 8.02. The lowest BCUT2D eigenvalue weighted by molar-refractivity contribution is -0.123. The van der Waals surface area contributed by atoms with Crippen LogP contribution in [0.25, 0.3) is 0 Å². The molecule has 120 valence electrons. The highest BCUT2D eigenvalue weighted by Gasteiger charge is 2.25. The van der Waals surface area contributed by atoms with Crippen molar-refractivity contribution >= 4 is 5.78 Å². The number of hydrogen-bond acceptors (Lipinski definition) is 3. The standard InChI is InChI=1S/C20H24N2O/c23-20(15-17-7-2-1-3-8-17)18-9-6-13-22(16-18)14-11-19-10-4-5-12-21-19/h1-5,7-8,10,12,18H,6,9,11,13-16H2. The summed E-state index contributed by atoms with van der Waals surface area (Å²) in [4.78, 5) is 19.4. The van der Waals surface area contributed by atoms with Crippen molar-refractivity contribution in [3.8, 4) is 0 Å². The third kappa shape index (κ3) is 4.73. The summed E-state index contributed by atoms with van der Waals surface area (Å²) in [6.07, 6.45) is 5.52. The van der Waals surface area contributed by atoms with Gasteiger partial charge in [0.25, 0.3) is 0 Å². The number of carbonyl (C=O) groups is 1. The third-order valence-corrected chi connectivity index (χ3v) is 4.59. The zero-order valence-electron chi connectivity index (χ0n) is 13.5. The first-order chi connectivity index (χ1) is 11.3. The highest BCUT2D eigenvalue weighted by molar-refractivity contribution is 5.83. The Morgan fingerprint density at radius 3 is 2.74 bits per heavy atom.